The van der Waals surface area contributed by atoms with Crippen LogP contribution in [0.4, 0.5) is 8.28 Å². The standard InChI is InChI=1S/C10H10F2O5S/c1-3-17-10(13)6-4-7(11)9(16-2)8(5-6)18(12,14)15/h4-5H,3H2,1-2H3. The fraction of sp³-hybridized carbons (Fsp3) is 0.300. The van der Waals surface area contributed by atoms with E-state index in [0.717, 1.165) is 7.11 Å². The predicted octanol–water partition coefficient (Wildman–Crippen LogP) is 1.67. The Labute approximate surface area is 103 Å². The molecule has 0 aliphatic carbocycles. The zero-order chi connectivity index (χ0) is 13.9. The van der Waals surface area contributed by atoms with Gasteiger partial charge in [-0.25, -0.2) is 9.18 Å². The molecular formula is C10H10F2O5S. The van der Waals surface area contributed by atoms with Crippen LogP contribution in [0.15, 0.2) is 17.0 Å². The molecule has 0 aliphatic heterocycles. The molecule has 1 aromatic rings. The number of carbonyl (C=O) groups is 1. The van der Waals surface area contributed by atoms with E-state index in [1.807, 2.05) is 0 Å². The van der Waals surface area contributed by atoms with E-state index in [4.69, 9.17) is 0 Å². The largest absolute Gasteiger partial charge is 0.492 e. The molecule has 0 amide bonds. The van der Waals surface area contributed by atoms with Gasteiger partial charge in [-0.2, -0.15) is 8.42 Å². The minimum atomic E-state index is -5.21. The second kappa shape index (κ2) is 5.30. The van der Waals surface area contributed by atoms with E-state index in [0.29, 0.717) is 12.1 Å². The second-order valence-corrected chi connectivity index (χ2v) is 4.46. The van der Waals surface area contributed by atoms with E-state index < -0.39 is 38.2 Å². The lowest BCUT2D eigenvalue weighted by Crippen LogP contribution is -2.08. The van der Waals surface area contributed by atoms with Gasteiger partial charge in [0, 0.05) is 0 Å². The Bertz CT molecular complexity index is 568. The molecule has 0 aromatic heterocycles. The molecule has 0 saturated carbocycles. The average molecular weight is 280 g/mol. The van der Waals surface area contributed by atoms with E-state index in [1.165, 1.54) is 6.92 Å². The zero-order valence-electron chi connectivity index (χ0n) is 9.57. The highest BCUT2D eigenvalue weighted by Gasteiger charge is 2.25. The van der Waals surface area contributed by atoms with Crippen LogP contribution in [0, 0.1) is 5.82 Å². The Morgan fingerprint density at radius 1 is 1.39 bits per heavy atom. The molecule has 0 fully saturated rings. The van der Waals surface area contributed by atoms with Crippen molar-refractivity contribution >= 4 is 16.2 Å². The lowest BCUT2D eigenvalue weighted by molar-refractivity contribution is 0.0525. The minimum absolute atomic E-state index is 0.0180. The summed E-state index contributed by atoms with van der Waals surface area (Å²) in [5, 5.41) is 0. The van der Waals surface area contributed by atoms with Crippen molar-refractivity contribution in [1.82, 2.24) is 0 Å². The first kappa shape index (κ1) is 14.4. The summed E-state index contributed by atoms with van der Waals surface area (Å²) in [6.07, 6.45) is 0. The van der Waals surface area contributed by atoms with Crippen LogP contribution in [0.1, 0.15) is 17.3 Å². The monoisotopic (exact) mass is 280 g/mol. The minimum Gasteiger partial charge on any atom is -0.492 e. The van der Waals surface area contributed by atoms with Crippen LogP contribution >= 0.6 is 0 Å². The maximum absolute atomic E-state index is 13.5. The van der Waals surface area contributed by atoms with Crippen molar-refractivity contribution in [3.8, 4) is 5.75 Å². The summed E-state index contributed by atoms with van der Waals surface area (Å²) in [4.78, 5) is 10.3. The Hall–Kier alpha value is -1.70. The highest BCUT2D eigenvalue weighted by atomic mass is 32.3. The smallest absolute Gasteiger partial charge is 0.338 e. The molecule has 18 heavy (non-hydrogen) atoms. The van der Waals surface area contributed by atoms with Crippen molar-refractivity contribution in [2.24, 2.45) is 0 Å². The van der Waals surface area contributed by atoms with E-state index in [1.54, 1.807) is 0 Å². The van der Waals surface area contributed by atoms with Gasteiger partial charge in [0.15, 0.2) is 11.6 Å². The number of benzene rings is 1. The first-order chi connectivity index (χ1) is 8.31. The first-order valence-corrected chi connectivity index (χ1v) is 6.19. The molecule has 0 unspecified atom stereocenters. The van der Waals surface area contributed by atoms with Crippen molar-refractivity contribution in [2.75, 3.05) is 13.7 Å². The number of esters is 1. The fourth-order valence-electron chi connectivity index (χ4n) is 1.28. The zero-order valence-corrected chi connectivity index (χ0v) is 10.4. The van der Waals surface area contributed by atoms with Gasteiger partial charge in [0.05, 0.1) is 19.3 Å². The molecule has 0 spiro atoms. The van der Waals surface area contributed by atoms with Crippen molar-refractivity contribution in [1.29, 1.82) is 0 Å². The summed E-state index contributed by atoms with van der Waals surface area (Å²) in [5.41, 5.74) is -0.411. The topological polar surface area (TPSA) is 69.7 Å². The molecule has 100 valence electrons. The summed E-state index contributed by atoms with van der Waals surface area (Å²) >= 11 is 0. The van der Waals surface area contributed by atoms with Crippen LogP contribution in [0.5, 0.6) is 5.75 Å². The third-order valence-electron chi connectivity index (χ3n) is 1.99. The van der Waals surface area contributed by atoms with Gasteiger partial charge in [-0.05, 0) is 19.1 Å². The summed E-state index contributed by atoms with van der Waals surface area (Å²) in [7, 11) is -4.23. The quantitative estimate of drug-likeness (QED) is 0.620. The maximum atomic E-state index is 13.5. The molecule has 0 saturated heterocycles. The van der Waals surface area contributed by atoms with Gasteiger partial charge in [-0.3, -0.25) is 0 Å². The lowest BCUT2D eigenvalue weighted by Gasteiger charge is -2.08. The molecule has 0 N–H and O–H groups in total. The highest BCUT2D eigenvalue weighted by molar-refractivity contribution is 7.86. The van der Waals surface area contributed by atoms with Crippen molar-refractivity contribution < 1.29 is 31.0 Å². The number of hydrogen-bond acceptors (Lipinski definition) is 5. The molecule has 0 bridgehead atoms. The molecule has 0 aliphatic rings. The van der Waals surface area contributed by atoms with Gasteiger partial charge < -0.3 is 9.47 Å². The molecule has 0 radical (unpaired) electrons. The van der Waals surface area contributed by atoms with Crippen LogP contribution < -0.4 is 4.74 Å². The lowest BCUT2D eigenvalue weighted by atomic mass is 10.2. The Kier molecular flexibility index (Phi) is 4.23. The third kappa shape index (κ3) is 2.95. The second-order valence-electron chi connectivity index (χ2n) is 3.15. The van der Waals surface area contributed by atoms with Crippen molar-refractivity contribution in [2.45, 2.75) is 11.8 Å². The predicted molar refractivity (Wildman–Crippen MR) is 57.2 cm³/mol. The van der Waals surface area contributed by atoms with E-state index in [-0.39, 0.29) is 6.61 Å². The van der Waals surface area contributed by atoms with E-state index >= 15 is 0 Å². The Balaban J connectivity index is 3.45. The van der Waals surface area contributed by atoms with Gasteiger partial charge >= 0.3 is 16.2 Å². The van der Waals surface area contributed by atoms with Crippen LogP contribution in [0.3, 0.4) is 0 Å². The number of halogens is 2. The molecule has 1 aromatic carbocycles. The van der Waals surface area contributed by atoms with Gasteiger partial charge in [0.1, 0.15) is 4.90 Å². The van der Waals surface area contributed by atoms with Gasteiger partial charge in [-0.15, -0.1) is 3.89 Å². The van der Waals surface area contributed by atoms with Crippen LogP contribution in [-0.4, -0.2) is 28.1 Å². The summed E-state index contributed by atoms with van der Waals surface area (Å²) < 4.78 is 57.1. The Morgan fingerprint density at radius 3 is 2.44 bits per heavy atom. The summed E-state index contributed by atoms with van der Waals surface area (Å²) in [5.74, 6) is -2.91. The Morgan fingerprint density at radius 2 is 2.00 bits per heavy atom. The van der Waals surface area contributed by atoms with Crippen molar-refractivity contribution in [3.63, 3.8) is 0 Å². The first-order valence-electron chi connectivity index (χ1n) is 4.80. The SMILES string of the molecule is CCOC(=O)c1cc(F)c(OC)c(S(=O)(=O)F)c1. The molecule has 1 rings (SSSR count). The van der Waals surface area contributed by atoms with E-state index in [9.17, 15) is 21.5 Å². The maximum Gasteiger partial charge on any atom is 0.338 e. The van der Waals surface area contributed by atoms with Gasteiger partial charge in [-0.1, -0.05) is 0 Å². The van der Waals surface area contributed by atoms with Gasteiger partial charge in [0.25, 0.3) is 0 Å². The third-order valence-corrected chi connectivity index (χ3v) is 2.82. The van der Waals surface area contributed by atoms with Gasteiger partial charge in [0.2, 0.25) is 0 Å². The summed E-state index contributed by atoms with van der Waals surface area (Å²) in [6.45, 7) is 1.54. The number of rotatable bonds is 4. The fourth-order valence-corrected chi connectivity index (χ4v) is 1.95. The molecule has 0 atom stereocenters. The molecule has 5 nitrogen and oxygen atoms in total. The average Bonchev–Trinajstić information content (AvgIpc) is 2.27. The number of hydrogen-bond donors (Lipinski definition) is 0. The van der Waals surface area contributed by atoms with Crippen LogP contribution in [0.25, 0.3) is 0 Å². The number of methoxy groups -OCH3 is 1. The normalized spacial score (nSPS) is 11.1. The molecule has 8 heteroatoms. The highest BCUT2D eigenvalue weighted by Crippen LogP contribution is 2.30. The number of ether oxygens (including phenoxy) is 2. The van der Waals surface area contributed by atoms with Crippen LogP contribution in [0.2, 0.25) is 0 Å². The van der Waals surface area contributed by atoms with Crippen molar-refractivity contribution in [3.05, 3.63) is 23.5 Å². The van der Waals surface area contributed by atoms with Crippen LogP contribution in [-0.2, 0) is 15.0 Å². The summed E-state index contributed by atoms with van der Waals surface area (Å²) in [6, 6.07) is 1.38. The van der Waals surface area contributed by atoms with E-state index in [2.05, 4.69) is 9.47 Å². The number of carbonyl (C=O) groups excluding carboxylic acids is 1. The molecular weight excluding hydrogens is 270 g/mol. The molecule has 0 heterocycles.